The molecule has 21 nitrogen and oxygen atoms in total. The monoisotopic (exact) mass is 1010 g/mol. The van der Waals surface area contributed by atoms with Gasteiger partial charge in [-0.1, -0.05) is 115 Å². The van der Waals surface area contributed by atoms with Crippen molar-refractivity contribution in [1.29, 1.82) is 0 Å². The van der Waals surface area contributed by atoms with Crippen LogP contribution in [0.3, 0.4) is 0 Å². The van der Waals surface area contributed by atoms with Gasteiger partial charge >= 0.3 is 11.4 Å². The number of non-ortho nitro benzene ring substituents is 1. The molecular formula is C50H52N7O14P. The second-order valence-corrected chi connectivity index (χ2v) is 17.4. The van der Waals surface area contributed by atoms with Crippen molar-refractivity contribution >= 4 is 29.5 Å². The molecule has 2 aliphatic heterocycles. The van der Waals surface area contributed by atoms with Gasteiger partial charge in [-0.05, 0) is 36.0 Å². The Balaban J connectivity index is 0.000000198. The average molecular weight is 1010 g/mol. The maximum Gasteiger partial charge on any atom is 0.330 e. The van der Waals surface area contributed by atoms with E-state index < -0.39 is 85.4 Å². The average Bonchev–Trinajstić information content (AvgIpc) is 3.97. The van der Waals surface area contributed by atoms with Crippen molar-refractivity contribution in [2.24, 2.45) is 10.2 Å². The molecule has 2 fully saturated rings. The molecule has 2 saturated heterocycles. The van der Waals surface area contributed by atoms with E-state index in [4.69, 9.17) is 29.5 Å². The van der Waals surface area contributed by atoms with Crippen LogP contribution in [0.2, 0.25) is 0 Å². The van der Waals surface area contributed by atoms with Gasteiger partial charge in [-0.25, -0.2) is 9.59 Å². The summed E-state index contributed by atoms with van der Waals surface area (Å²) in [7, 11) is 2.83. The molecule has 7 N–H and O–H groups in total. The number of nitro benzene ring substituents is 1. The van der Waals surface area contributed by atoms with Gasteiger partial charge in [0.2, 0.25) is 0 Å². The number of aliphatic hydroxyl groups is 5. The normalized spacial score (nSPS) is 18.7. The molecule has 376 valence electrons. The number of rotatable bonds is 10. The Labute approximate surface area is 412 Å². The molecule has 0 saturated carbocycles. The van der Waals surface area contributed by atoms with E-state index in [0.717, 1.165) is 9.13 Å². The van der Waals surface area contributed by atoms with E-state index in [1.54, 1.807) is 14.1 Å². The minimum atomic E-state index is -0.937. The Kier molecular flexibility index (Phi) is 21.7. The van der Waals surface area contributed by atoms with Gasteiger partial charge in [0.05, 0.1) is 30.3 Å². The van der Waals surface area contributed by atoms with Gasteiger partial charge in [0, 0.05) is 51.5 Å². The van der Waals surface area contributed by atoms with Crippen molar-refractivity contribution in [3.63, 3.8) is 0 Å². The molecule has 4 heterocycles. The topological polar surface area (TPSA) is 306 Å². The highest BCUT2D eigenvalue weighted by Crippen LogP contribution is 2.32. The van der Waals surface area contributed by atoms with Crippen molar-refractivity contribution in [3.8, 4) is 29.4 Å². The summed E-state index contributed by atoms with van der Waals surface area (Å²) in [5, 5.41) is 67.8. The number of H-pyrrole nitrogens is 2. The van der Waals surface area contributed by atoms with Gasteiger partial charge in [0.1, 0.15) is 54.8 Å². The van der Waals surface area contributed by atoms with Gasteiger partial charge in [-0.3, -0.25) is 38.8 Å². The Hall–Kier alpha value is -7.69. The van der Waals surface area contributed by atoms with Crippen molar-refractivity contribution in [2.75, 3.05) is 40.5 Å². The summed E-state index contributed by atoms with van der Waals surface area (Å²) in [4.78, 5) is 61.5. The minimum absolute atomic E-state index is 0.00388. The van der Waals surface area contributed by atoms with E-state index in [1.165, 1.54) is 52.6 Å². The predicted molar refractivity (Wildman–Crippen MR) is 267 cm³/mol. The van der Waals surface area contributed by atoms with Gasteiger partial charge in [-0.15, -0.1) is 0 Å². The van der Waals surface area contributed by atoms with E-state index in [1.807, 2.05) is 0 Å². The first-order valence-corrected chi connectivity index (χ1v) is 23.3. The third-order valence-electron chi connectivity index (χ3n) is 10.5. The fourth-order valence-corrected chi connectivity index (χ4v) is 9.21. The fraction of sp³-hybridized carbons (Fsp3) is 0.280. The van der Waals surface area contributed by atoms with Crippen LogP contribution in [0.15, 0.2) is 157 Å². The maximum absolute atomic E-state index is 12.0. The fourth-order valence-electron chi connectivity index (χ4n) is 6.91. The van der Waals surface area contributed by atoms with E-state index in [9.17, 15) is 39.5 Å². The molecular weight excluding hydrogens is 954 g/mol. The van der Waals surface area contributed by atoms with Crippen LogP contribution in [0.25, 0.3) is 0 Å². The third kappa shape index (κ3) is 15.7. The highest BCUT2D eigenvalue weighted by atomic mass is 31.1. The van der Waals surface area contributed by atoms with Crippen LogP contribution in [-0.2, 0) is 9.47 Å². The number of hydrogen-bond acceptors (Lipinski definition) is 16. The molecule has 22 heteroatoms. The summed E-state index contributed by atoms with van der Waals surface area (Å²) in [6.45, 7) is -1.28. The molecule has 6 unspecified atom stereocenters. The van der Waals surface area contributed by atoms with Crippen LogP contribution in [0.1, 0.15) is 36.4 Å². The summed E-state index contributed by atoms with van der Waals surface area (Å²) >= 11 is 0. The second-order valence-electron chi connectivity index (χ2n) is 15.2. The van der Waals surface area contributed by atoms with Crippen LogP contribution >= 0.6 is 7.92 Å². The molecule has 4 aromatic carbocycles. The molecule has 0 amide bonds. The van der Waals surface area contributed by atoms with E-state index in [0.29, 0.717) is 5.75 Å². The van der Waals surface area contributed by atoms with Crippen LogP contribution in [0.5, 0.6) is 5.75 Å². The standard InChI is InChI=1S/C18H17N3O8.C18H15P.C12H14N2O6.C2H6N2/c22-10-15-14(23)8-16(29-15)20-9-11(17(24)19-18(20)25)2-1-7-28-13-5-3-12(4-6-13)21(26)27;1-4-10-16(11-5-1)19(17-12-6-2-7-13-17)18-14-8-3-9-15-18;15-3-1-2-7-5-14(12(19)13-11(7)18)10-4-8(17)9(6-16)20-10;1-3-4-2/h3-6,9,14-16,22-23H,7-8,10H2,(H,19,24,25);1-15H;5,8-10,15-17H,3-4,6H2,(H,13,18,19);1-2H3. The lowest BCUT2D eigenvalue weighted by Crippen LogP contribution is -2.33. The van der Waals surface area contributed by atoms with Gasteiger partial charge in [-0.2, -0.15) is 10.2 Å². The summed E-state index contributed by atoms with van der Waals surface area (Å²) in [5.41, 5.74) is -2.85. The van der Waals surface area contributed by atoms with Crippen molar-refractivity contribution in [2.45, 2.75) is 49.7 Å². The molecule has 0 bridgehead atoms. The Morgan fingerprint density at radius 2 is 1.07 bits per heavy atom. The highest BCUT2D eigenvalue weighted by molar-refractivity contribution is 7.79. The van der Waals surface area contributed by atoms with Crippen LogP contribution in [0.4, 0.5) is 5.69 Å². The molecule has 0 spiro atoms. The first-order chi connectivity index (χ1) is 34.8. The minimum Gasteiger partial charge on any atom is -0.481 e. The lowest BCUT2D eigenvalue weighted by atomic mass is 10.2. The number of ether oxygens (including phenoxy) is 3. The SMILES string of the molecule is CN=NC.O=c1[nH]c(=O)n(C2CC(O)C(CO)O2)cc1C#CCO.O=c1[nH]c(=O)n(C2CC(O)C(CO)O2)cc1C#CCOc1ccc([N+](=O)[O-])cc1.c1ccc(P(c2ccccc2)c2ccccc2)cc1. The summed E-state index contributed by atoms with van der Waals surface area (Å²) in [6.07, 6.45) is -2.43. The number of azo groups is 1. The molecule has 2 aliphatic rings. The number of aromatic amines is 2. The smallest absolute Gasteiger partial charge is 0.330 e. The van der Waals surface area contributed by atoms with E-state index in [2.05, 4.69) is 135 Å². The quantitative estimate of drug-likeness (QED) is 0.0334. The van der Waals surface area contributed by atoms with Gasteiger partial charge < -0.3 is 39.7 Å². The number of nitrogens with zero attached hydrogens (tertiary/aromatic N) is 5. The van der Waals surface area contributed by atoms with Crippen LogP contribution in [0, 0.1) is 33.8 Å². The number of nitro groups is 1. The molecule has 0 aliphatic carbocycles. The van der Waals surface area contributed by atoms with Crippen molar-refractivity contribution in [3.05, 3.63) is 191 Å². The summed E-state index contributed by atoms with van der Waals surface area (Å²) in [5.74, 6) is 10.3. The Bertz CT molecular complexity index is 2980. The summed E-state index contributed by atoms with van der Waals surface area (Å²) < 4.78 is 18.3. The zero-order valence-corrected chi connectivity index (χ0v) is 39.8. The number of benzene rings is 4. The van der Waals surface area contributed by atoms with Crippen LogP contribution < -0.4 is 43.1 Å². The van der Waals surface area contributed by atoms with Gasteiger partial charge in [0.15, 0.2) is 0 Å². The van der Waals surface area contributed by atoms with Gasteiger partial charge in [0.25, 0.3) is 16.8 Å². The molecule has 0 radical (unpaired) electrons. The zero-order valence-electron chi connectivity index (χ0n) is 38.9. The van der Waals surface area contributed by atoms with Crippen molar-refractivity contribution < 1.29 is 44.7 Å². The number of hydrogen-bond donors (Lipinski definition) is 7. The Morgan fingerprint density at radius 1 is 0.667 bits per heavy atom. The molecule has 8 rings (SSSR count). The predicted octanol–water partition coefficient (Wildman–Crippen LogP) is 1.18. The molecule has 2 aromatic heterocycles. The molecule has 6 aromatic rings. The molecule has 6 atom stereocenters. The zero-order chi connectivity index (χ0) is 52.0. The van der Waals surface area contributed by atoms with Crippen molar-refractivity contribution in [1.82, 2.24) is 19.1 Å². The van der Waals surface area contributed by atoms with E-state index in [-0.39, 0.29) is 42.9 Å². The summed E-state index contributed by atoms with van der Waals surface area (Å²) in [6, 6.07) is 37.8. The van der Waals surface area contributed by atoms with E-state index >= 15 is 0 Å². The molecule has 72 heavy (non-hydrogen) atoms. The maximum atomic E-state index is 12.0. The third-order valence-corrected chi connectivity index (χ3v) is 12.9. The second kappa shape index (κ2) is 28.2. The number of aromatic nitrogens is 4. The first-order valence-electron chi connectivity index (χ1n) is 22.0. The number of aliphatic hydroxyl groups excluding tert-OH is 5. The first kappa shape index (κ1) is 55.2. The largest absolute Gasteiger partial charge is 0.481 e. The van der Waals surface area contributed by atoms with Crippen LogP contribution in [-0.4, -0.2) is 114 Å². The highest BCUT2D eigenvalue weighted by Gasteiger charge is 2.36. The Morgan fingerprint density at radius 3 is 1.42 bits per heavy atom. The number of nitrogens with one attached hydrogen (secondary N) is 2. The lowest BCUT2D eigenvalue weighted by Gasteiger charge is -2.18. The lowest BCUT2D eigenvalue weighted by molar-refractivity contribution is -0.384.